The van der Waals surface area contributed by atoms with Crippen LogP contribution in [0.5, 0.6) is 0 Å². The van der Waals surface area contributed by atoms with Gasteiger partial charge in [-0.25, -0.2) is 0 Å². The van der Waals surface area contributed by atoms with E-state index in [9.17, 15) is 9.59 Å². The molecular formula is C15H18N2O3. The van der Waals surface area contributed by atoms with E-state index in [1.165, 1.54) is 5.56 Å². The molecule has 0 bridgehead atoms. The van der Waals surface area contributed by atoms with Crippen LogP contribution in [-0.2, 0) is 16.0 Å². The van der Waals surface area contributed by atoms with Crippen LogP contribution in [0, 0.1) is 11.8 Å². The molecule has 106 valence electrons. The lowest BCUT2D eigenvalue weighted by Crippen LogP contribution is -2.57. The summed E-state index contributed by atoms with van der Waals surface area (Å²) in [5.74, 6) is -1.00. The van der Waals surface area contributed by atoms with Gasteiger partial charge in [0.2, 0.25) is 5.91 Å². The largest absolute Gasteiger partial charge is 0.481 e. The third kappa shape index (κ3) is 2.13. The average molecular weight is 274 g/mol. The highest BCUT2D eigenvalue weighted by Crippen LogP contribution is 2.29. The number of fused-ring (bicyclic) bond motifs is 1. The van der Waals surface area contributed by atoms with Crippen LogP contribution in [0.15, 0.2) is 24.3 Å². The summed E-state index contributed by atoms with van der Waals surface area (Å²) in [5, 5.41) is 12.2. The lowest BCUT2D eigenvalue weighted by atomic mass is 9.86. The summed E-state index contributed by atoms with van der Waals surface area (Å²) in [7, 11) is 0. The van der Waals surface area contributed by atoms with Crippen molar-refractivity contribution in [3.05, 3.63) is 29.8 Å². The van der Waals surface area contributed by atoms with Gasteiger partial charge in [0, 0.05) is 31.1 Å². The second-order valence-corrected chi connectivity index (χ2v) is 5.69. The molecule has 0 spiro atoms. The SMILES string of the molecule is CC(C(=O)O)C1CN(C(=O)[C@@H]2Cc3ccccc3N2)C1. The summed E-state index contributed by atoms with van der Waals surface area (Å²) in [6, 6.07) is 7.73. The molecule has 1 aromatic rings. The highest BCUT2D eigenvalue weighted by atomic mass is 16.4. The van der Waals surface area contributed by atoms with Gasteiger partial charge in [-0.3, -0.25) is 9.59 Å². The molecule has 2 atom stereocenters. The van der Waals surface area contributed by atoms with Crippen molar-refractivity contribution < 1.29 is 14.7 Å². The van der Waals surface area contributed by atoms with Gasteiger partial charge in [-0.15, -0.1) is 0 Å². The number of hydrogen-bond donors (Lipinski definition) is 2. The maximum atomic E-state index is 12.4. The van der Waals surface area contributed by atoms with Crippen LogP contribution in [0.4, 0.5) is 5.69 Å². The molecule has 0 aromatic heterocycles. The quantitative estimate of drug-likeness (QED) is 0.869. The van der Waals surface area contributed by atoms with Crippen molar-refractivity contribution in [1.82, 2.24) is 4.90 Å². The second-order valence-electron chi connectivity index (χ2n) is 5.69. The molecule has 0 aliphatic carbocycles. The van der Waals surface area contributed by atoms with Gasteiger partial charge >= 0.3 is 5.97 Å². The first-order valence-electron chi connectivity index (χ1n) is 6.92. The average Bonchev–Trinajstić information content (AvgIpc) is 2.80. The standard InChI is InChI=1S/C15H18N2O3/c1-9(15(19)20)11-7-17(8-11)14(18)13-6-10-4-2-3-5-12(10)16-13/h2-5,9,11,13,16H,6-8H2,1H3,(H,19,20)/t9?,13-/m0/s1. The maximum Gasteiger partial charge on any atom is 0.306 e. The number of aliphatic carboxylic acids is 1. The molecule has 20 heavy (non-hydrogen) atoms. The summed E-state index contributed by atoms with van der Waals surface area (Å²) >= 11 is 0. The van der Waals surface area contributed by atoms with Gasteiger partial charge in [0.05, 0.1) is 5.92 Å². The van der Waals surface area contributed by atoms with Gasteiger partial charge in [-0.1, -0.05) is 25.1 Å². The number of nitrogens with zero attached hydrogens (tertiary/aromatic N) is 1. The van der Waals surface area contributed by atoms with Crippen molar-refractivity contribution in [3.8, 4) is 0 Å². The molecule has 5 nitrogen and oxygen atoms in total. The number of carboxylic acid groups (broad SMARTS) is 1. The molecule has 0 radical (unpaired) electrons. The van der Waals surface area contributed by atoms with Crippen LogP contribution in [0.2, 0.25) is 0 Å². The predicted octanol–water partition coefficient (Wildman–Crippen LogP) is 1.20. The van der Waals surface area contributed by atoms with E-state index in [1.807, 2.05) is 24.3 Å². The number of rotatable bonds is 3. The maximum absolute atomic E-state index is 12.4. The highest BCUT2D eigenvalue weighted by molar-refractivity contribution is 5.88. The summed E-state index contributed by atoms with van der Waals surface area (Å²) in [6.45, 7) is 2.82. The van der Waals surface area contributed by atoms with Crippen molar-refractivity contribution >= 4 is 17.6 Å². The molecule has 1 aromatic carbocycles. The smallest absolute Gasteiger partial charge is 0.306 e. The predicted molar refractivity (Wildman–Crippen MR) is 74.4 cm³/mol. The Morgan fingerprint density at radius 1 is 1.35 bits per heavy atom. The Morgan fingerprint density at radius 2 is 2.05 bits per heavy atom. The third-order valence-electron chi connectivity index (χ3n) is 4.39. The van der Waals surface area contributed by atoms with E-state index >= 15 is 0 Å². The molecule has 3 rings (SSSR count). The zero-order valence-corrected chi connectivity index (χ0v) is 11.4. The fraction of sp³-hybridized carbons (Fsp3) is 0.467. The van der Waals surface area contributed by atoms with E-state index in [0.29, 0.717) is 19.5 Å². The number of carbonyl (C=O) groups excluding carboxylic acids is 1. The van der Waals surface area contributed by atoms with Gasteiger partial charge in [-0.05, 0) is 11.6 Å². The number of amides is 1. The number of para-hydroxylation sites is 1. The van der Waals surface area contributed by atoms with Crippen molar-refractivity contribution in [2.45, 2.75) is 19.4 Å². The van der Waals surface area contributed by atoms with Crippen LogP contribution < -0.4 is 5.32 Å². The molecule has 1 fully saturated rings. The summed E-state index contributed by atoms with van der Waals surface area (Å²) in [4.78, 5) is 25.0. The molecule has 5 heteroatoms. The van der Waals surface area contributed by atoms with E-state index in [1.54, 1.807) is 11.8 Å². The third-order valence-corrected chi connectivity index (χ3v) is 4.39. The Morgan fingerprint density at radius 3 is 2.70 bits per heavy atom. The molecule has 2 heterocycles. The normalized spacial score (nSPS) is 22.6. The van der Waals surface area contributed by atoms with Gasteiger partial charge in [0.15, 0.2) is 0 Å². The number of nitrogens with one attached hydrogen (secondary N) is 1. The molecule has 2 aliphatic rings. The second kappa shape index (κ2) is 4.81. The number of benzene rings is 1. The molecule has 2 aliphatic heterocycles. The minimum absolute atomic E-state index is 0.0787. The van der Waals surface area contributed by atoms with Gasteiger partial charge in [-0.2, -0.15) is 0 Å². The van der Waals surface area contributed by atoms with E-state index in [4.69, 9.17) is 5.11 Å². The number of carbonyl (C=O) groups is 2. The fourth-order valence-electron chi connectivity index (χ4n) is 2.88. The lowest BCUT2D eigenvalue weighted by Gasteiger charge is -2.42. The van der Waals surface area contributed by atoms with Gasteiger partial charge in [0.25, 0.3) is 0 Å². The lowest BCUT2D eigenvalue weighted by molar-refractivity contribution is -0.150. The van der Waals surface area contributed by atoms with E-state index < -0.39 is 5.97 Å². The minimum atomic E-state index is -0.784. The van der Waals surface area contributed by atoms with E-state index in [-0.39, 0.29) is 23.8 Å². The first kappa shape index (κ1) is 13.0. The molecule has 1 saturated heterocycles. The Balaban J connectivity index is 1.57. The summed E-state index contributed by atoms with van der Waals surface area (Å²) < 4.78 is 0. The van der Waals surface area contributed by atoms with Crippen molar-refractivity contribution in [3.63, 3.8) is 0 Å². The van der Waals surface area contributed by atoms with Crippen LogP contribution in [-0.4, -0.2) is 41.0 Å². The van der Waals surface area contributed by atoms with Crippen molar-refractivity contribution in [2.24, 2.45) is 11.8 Å². The zero-order valence-electron chi connectivity index (χ0n) is 11.4. The van der Waals surface area contributed by atoms with Crippen LogP contribution in [0.1, 0.15) is 12.5 Å². The number of likely N-dealkylation sites (tertiary alicyclic amines) is 1. The minimum Gasteiger partial charge on any atom is -0.481 e. The van der Waals surface area contributed by atoms with Gasteiger partial charge < -0.3 is 15.3 Å². The number of carboxylic acids is 1. The Hall–Kier alpha value is -2.04. The molecule has 2 N–H and O–H groups in total. The van der Waals surface area contributed by atoms with E-state index in [2.05, 4.69) is 5.32 Å². The molecular weight excluding hydrogens is 256 g/mol. The Kier molecular flexibility index (Phi) is 3.12. The first-order valence-corrected chi connectivity index (χ1v) is 6.92. The topological polar surface area (TPSA) is 69.6 Å². The molecule has 0 saturated carbocycles. The first-order chi connectivity index (χ1) is 9.56. The molecule has 1 unspecified atom stereocenters. The highest BCUT2D eigenvalue weighted by Gasteiger charge is 2.40. The monoisotopic (exact) mass is 274 g/mol. The Bertz CT molecular complexity index is 527. The zero-order chi connectivity index (χ0) is 14.3. The number of hydrogen-bond acceptors (Lipinski definition) is 3. The fourth-order valence-corrected chi connectivity index (χ4v) is 2.88. The van der Waals surface area contributed by atoms with Crippen LogP contribution in [0.25, 0.3) is 0 Å². The summed E-state index contributed by atoms with van der Waals surface area (Å²) in [5.41, 5.74) is 2.20. The van der Waals surface area contributed by atoms with Crippen LogP contribution in [0.3, 0.4) is 0 Å². The summed E-state index contributed by atoms with van der Waals surface area (Å²) in [6.07, 6.45) is 0.713. The van der Waals surface area contributed by atoms with Crippen molar-refractivity contribution in [2.75, 3.05) is 18.4 Å². The van der Waals surface area contributed by atoms with Crippen molar-refractivity contribution in [1.29, 1.82) is 0 Å². The molecule has 1 amide bonds. The van der Waals surface area contributed by atoms with Crippen LogP contribution >= 0.6 is 0 Å². The number of anilines is 1. The van der Waals surface area contributed by atoms with Gasteiger partial charge in [0.1, 0.15) is 6.04 Å². The van der Waals surface area contributed by atoms with E-state index in [0.717, 1.165) is 5.69 Å². The Labute approximate surface area is 117 Å².